The number of ether oxygens (including phenoxy) is 3. The van der Waals surface area contributed by atoms with Gasteiger partial charge in [-0.3, -0.25) is 14.5 Å². The SMILES string of the molecule is CCCC(=O)Nc1ccc2c(c1)C(=O)N(C)C[C@@H](OC)[C@H](C)CN(Cc1ccccc1OC)[C@H](C)CO2. The lowest BCUT2D eigenvalue weighted by molar-refractivity contribution is -0.116. The van der Waals surface area contributed by atoms with Crippen LogP contribution in [0.2, 0.25) is 0 Å². The molecule has 0 fully saturated rings. The van der Waals surface area contributed by atoms with Crippen LogP contribution >= 0.6 is 0 Å². The van der Waals surface area contributed by atoms with Crippen LogP contribution in [0.5, 0.6) is 11.5 Å². The Labute approximate surface area is 220 Å². The Balaban J connectivity index is 1.94. The fourth-order valence-electron chi connectivity index (χ4n) is 4.65. The van der Waals surface area contributed by atoms with Gasteiger partial charge in [-0.15, -0.1) is 0 Å². The van der Waals surface area contributed by atoms with Gasteiger partial charge in [0.05, 0.1) is 18.8 Å². The maximum Gasteiger partial charge on any atom is 0.257 e. The van der Waals surface area contributed by atoms with Gasteiger partial charge in [-0.25, -0.2) is 0 Å². The van der Waals surface area contributed by atoms with Crippen molar-refractivity contribution in [1.29, 1.82) is 0 Å². The summed E-state index contributed by atoms with van der Waals surface area (Å²) in [6.07, 6.45) is 1.02. The van der Waals surface area contributed by atoms with Gasteiger partial charge >= 0.3 is 0 Å². The predicted molar refractivity (Wildman–Crippen MR) is 145 cm³/mol. The zero-order valence-corrected chi connectivity index (χ0v) is 23.0. The third-order valence-electron chi connectivity index (χ3n) is 6.90. The zero-order valence-electron chi connectivity index (χ0n) is 23.0. The van der Waals surface area contributed by atoms with Crippen LogP contribution in [0, 0.1) is 5.92 Å². The number of fused-ring (bicyclic) bond motifs is 1. The minimum absolute atomic E-state index is 0.0499. The van der Waals surface area contributed by atoms with E-state index in [1.54, 1.807) is 44.4 Å². The molecule has 2 amide bonds. The van der Waals surface area contributed by atoms with Crippen LogP contribution < -0.4 is 14.8 Å². The number of anilines is 1. The summed E-state index contributed by atoms with van der Waals surface area (Å²) in [6.45, 7) is 8.51. The van der Waals surface area contributed by atoms with Gasteiger partial charge in [0.25, 0.3) is 5.91 Å². The van der Waals surface area contributed by atoms with Gasteiger partial charge in [0.2, 0.25) is 5.91 Å². The number of para-hydroxylation sites is 1. The molecule has 0 bridgehead atoms. The van der Waals surface area contributed by atoms with Crippen LogP contribution in [0.1, 0.15) is 49.5 Å². The van der Waals surface area contributed by atoms with Crippen molar-refractivity contribution in [3.05, 3.63) is 53.6 Å². The number of hydrogen-bond donors (Lipinski definition) is 1. The normalized spacial score (nSPS) is 21.3. The number of carbonyl (C=O) groups excluding carboxylic acids is 2. The smallest absolute Gasteiger partial charge is 0.257 e. The number of likely N-dealkylation sites (N-methyl/N-ethyl adjacent to an activating group) is 1. The molecule has 0 saturated carbocycles. The van der Waals surface area contributed by atoms with E-state index >= 15 is 0 Å². The second-order valence-electron chi connectivity index (χ2n) is 9.85. The molecule has 1 aliphatic rings. The van der Waals surface area contributed by atoms with Crippen molar-refractivity contribution in [3.8, 4) is 11.5 Å². The number of hydrogen-bond acceptors (Lipinski definition) is 6. The molecule has 0 spiro atoms. The molecular formula is C29H41N3O5. The highest BCUT2D eigenvalue weighted by atomic mass is 16.5. The summed E-state index contributed by atoms with van der Waals surface area (Å²) in [4.78, 5) is 29.7. The Hall–Kier alpha value is -3.10. The molecule has 37 heavy (non-hydrogen) atoms. The number of rotatable bonds is 7. The first-order valence-electron chi connectivity index (χ1n) is 13.0. The molecule has 0 aliphatic carbocycles. The highest BCUT2D eigenvalue weighted by molar-refractivity contribution is 5.99. The number of benzene rings is 2. The lowest BCUT2D eigenvalue weighted by Crippen LogP contribution is -2.46. The fraction of sp³-hybridized carbons (Fsp3) is 0.517. The van der Waals surface area contributed by atoms with Gasteiger partial charge in [-0.05, 0) is 43.5 Å². The Morgan fingerprint density at radius 3 is 2.59 bits per heavy atom. The van der Waals surface area contributed by atoms with Gasteiger partial charge in [-0.2, -0.15) is 0 Å². The van der Waals surface area contributed by atoms with E-state index in [-0.39, 0.29) is 29.9 Å². The average Bonchev–Trinajstić information content (AvgIpc) is 2.89. The minimum atomic E-state index is -0.171. The molecule has 0 aromatic heterocycles. The number of amides is 2. The Morgan fingerprint density at radius 1 is 1.14 bits per heavy atom. The van der Waals surface area contributed by atoms with Gasteiger partial charge in [-0.1, -0.05) is 32.0 Å². The predicted octanol–water partition coefficient (Wildman–Crippen LogP) is 4.44. The second-order valence-corrected chi connectivity index (χ2v) is 9.85. The van der Waals surface area contributed by atoms with E-state index in [1.165, 1.54) is 0 Å². The van der Waals surface area contributed by atoms with E-state index in [0.717, 1.165) is 24.3 Å². The summed E-state index contributed by atoms with van der Waals surface area (Å²) in [5.41, 5.74) is 2.10. The van der Waals surface area contributed by atoms with Crippen LogP contribution in [0.4, 0.5) is 5.69 Å². The quantitative estimate of drug-likeness (QED) is 0.592. The highest BCUT2D eigenvalue weighted by Gasteiger charge is 2.29. The molecule has 0 saturated heterocycles. The summed E-state index contributed by atoms with van der Waals surface area (Å²) in [7, 11) is 5.15. The van der Waals surface area contributed by atoms with Crippen molar-refractivity contribution in [2.24, 2.45) is 5.92 Å². The third kappa shape index (κ3) is 7.46. The Kier molecular flexibility index (Phi) is 10.3. The van der Waals surface area contributed by atoms with Crippen LogP contribution in [0.15, 0.2) is 42.5 Å². The van der Waals surface area contributed by atoms with E-state index in [1.807, 2.05) is 25.1 Å². The molecule has 1 heterocycles. The van der Waals surface area contributed by atoms with Crippen molar-refractivity contribution in [3.63, 3.8) is 0 Å². The molecule has 1 N–H and O–H groups in total. The first-order valence-corrected chi connectivity index (χ1v) is 13.0. The summed E-state index contributed by atoms with van der Waals surface area (Å²) < 4.78 is 17.7. The Bertz CT molecular complexity index is 1060. The molecule has 2 aromatic rings. The second kappa shape index (κ2) is 13.4. The molecule has 8 nitrogen and oxygen atoms in total. The first kappa shape index (κ1) is 28.5. The van der Waals surface area contributed by atoms with E-state index in [0.29, 0.717) is 43.1 Å². The van der Waals surface area contributed by atoms with Crippen molar-refractivity contribution < 1.29 is 23.8 Å². The fourth-order valence-corrected chi connectivity index (χ4v) is 4.65. The molecule has 2 aromatic carbocycles. The van der Waals surface area contributed by atoms with Crippen molar-refractivity contribution >= 4 is 17.5 Å². The van der Waals surface area contributed by atoms with E-state index in [4.69, 9.17) is 14.2 Å². The van der Waals surface area contributed by atoms with Crippen LogP contribution in [-0.4, -0.2) is 74.7 Å². The number of carbonyl (C=O) groups is 2. The molecule has 8 heteroatoms. The van der Waals surface area contributed by atoms with Crippen LogP contribution in [-0.2, 0) is 16.1 Å². The number of nitrogens with one attached hydrogen (secondary N) is 1. The maximum atomic E-state index is 13.5. The standard InChI is InChI=1S/C29H41N3O5/c1-7-10-28(33)30-23-13-14-26-24(15-23)29(34)31(4)18-27(36-6)20(2)16-32(21(3)19-37-26)17-22-11-8-9-12-25(22)35-5/h8-9,11-15,20-21,27H,7,10,16-19H2,1-6H3,(H,30,33)/t20-,21-,27-/m1/s1. The van der Waals surface area contributed by atoms with Gasteiger partial charge in [0, 0.05) is 57.5 Å². The van der Waals surface area contributed by atoms with E-state index in [9.17, 15) is 9.59 Å². The lowest BCUT2D eigenvalue weighted by Gasteiger charge is -2.36. The first-order chi connectivity index (χ1) is 17.8. The largest absolute Gasteiger partial charge is 0.496 e. The van der Waals surface area contributed by atoms with Crippen molar-refractivity contribution in [2.75, 3.05) is 46.3 Å². The summed E-state index contributed by atoms with van der Waals surface area (Å²) in [5, 5.41) is 2.89. The van der Waals surface area contributed by atoms with Gasteiger partial charge in [0.15, 0.2) is 0 Å². The highest BCUT2D eigenvalue weighted by Crippen LogP contribution is 2.28. The van der Waals surface area contributed by atoms with Crippen molar-refractivity contribution in [2.45, 2.75) is 52.3 Å². The monoisotopic (exact) mass is 511 g/mol. The maximum absolute atomic E-state index is 13.5. The lowest BCUT2D eigenvalue weighted by atomic mass is 10.0. The topological polar surface area (TPSA) is 80.3 Å². The zero-order chi connectivity index (χ0) is 26.9. The number of nitrogens with zero attached hydrogens (tertiary/aromatic N) is 2. The summed E-state index contributed by atoms with van der Waals surface area (Å²) >= 11 is 0. The minimum Gasteiger partial charge on any atom is -0.496 e. The van der Waals surface area contributed by atoms with Crippen LogP contribution in [0.3, 0.4) is 0 Å². The molecule has 1 aliphatic heterocycles. The molecule has 3 atom stereocenters. The number of methoxy groups -OCH3 is 2. The molecule has 202 valence electrons. The molecule has 3 rings (SSSR count). The van der Waals surface area contributed by atoms with Gasteiger partial charge in [0.1, 0.15) is 18.1 Å². The van der Waals surface area contributed by atoms with Crippen molar-refractivity contribution in [1.82, 2.24) is 9.80 Å². The van der Waals surface area contributed by atoms with E-state index < -0.39 is 0 Å². The van der Waals surface area contributed by atoms with Crippen LogP contribution in [0.25, 0.3) is 0 Å². The molecular weight excluding hydrogens is 470 g/mol. The van der Waals surface area contributed by atoms with E-state index in [2.05, 4.69) is 30.1 Å². The van der Waals surface area contributed by atoms with Gasteiger partial charge < -0.3 is 24.4 Å². The molecule has 0 unspecified atom stereocenters. The summed E-state index contributed by atoms with van der Waals surface area (Å²) in [5.74, 6) is 1.25. The third-order valence-corrected chi connectivity index (χ3v) is 6.90. The summed E-state index contributed by atoms with van der Waals surface area (Å²) in [6, 6.07) is 13.3. The Morgan fingerprint density at radius 2 is 1.89 bits per heavy atom. The molecule has 0 radical (unpaired) electrons. The average molecular weight is 512 g/mol.